The molecular formula is C13H19FN2O3. The molecule has 1 aromatic rings. The first-order valence-corrected chi connectivity index (χ1v) is 5.99. The minimum atomic E-state index is -1.35. The molecule has 0 spiro atoms. The van der Waals surface area contributed by atoms with E-state index in [1.165, 1.54) is 13.0 Å². The maximum absolute atomic E-state index is 13.7. The van der Waals surface area contributed by atoms with E-state index in [-0.39, 0.29) is 24.4 Å². The van der Waals surface area contributed by atoms with Crippen molar-refractivity contribution in [3.8, 4) is 0 Å². The van der Waals surface area contributed by atoms with E-state index in [2.05, 4.69) is 5.32 Å². The number of aliphatic hydroxyl groups excluding tert-OH is 2. The van der Waals surface area contributed by atoms with Crippen LogP contribution >= 0.6 is 0 Å². The van der Waals surface area contributed by atoms with Gasteiger partial charge in [-0.25, -0.2) is 4.39 Å². The Morgan fingerprint density at radius 2 is 2.11 bits per heavy atom. The molecule has 2 atom stereocenters. The Balaban J connectivity index is 2.73. The second-order valence-electron chi connectivity index (χ2n) is 4.51. The summed E-state index contributed by atoms with van der Waals surface area (Å²) in [6, 6.07) is 2.53. The van der Waals surface area contributed by atoms with Crippen LogP contribution in [-0.2, 0) is 4.79 Å². The number of benzene rings is 1. The van der Waals surface area contributed by atoms with Crippen molar-refractivity contribution in [3.63, 3.8) is 0 Å². The van der Waals surface area contributed by atoms with Crippen molar-refractivity contribution < 1.29 is 19.4 Å². The molecule has 1 rings (SSSR count). The summed E-state index contributed by atoms with van der Waals surface area (Å²) in [5, 5.41) is 22.2. The fourth-order valence-corrected chi connectivity index (χ4v) is 1.71. The number of hydrogen-bond donors (Lipinski definition) is 4. The molecule has 0 saturated heterocycles. The van der Waals surface area contributed by atoms with Gasteiger partial charge in [-0.1, -0.05) is 0 Å². The van der Waals surface area contributed by atoms with Crippen molar-refractivity contribution in [2.75, 3.05) is 12.3 Å². The lowest BCUT2D eigenvalue weighted by molar-refractivity contribution is -0.119. The number of aryl methyl sites for hydroxylation is 1. The molecule has 5 N–H and O–H groups in total. The second-order valence-corrected chi connectivity index (χ2v) is 4.51. The zero-order valence-corrected chi connectivity index (χ0v) is 11.0. The molecule has 0 aromatic heterocycles. The first kappa shape index (κ1) is 15.4. The van der Waals surface area contributed by atoms with Crippen LogP contribution in [0.5, 0.6) is 0 Å². The number of anilines is 1. The summed E-state index contributed by atoms with van der Waals surface area (Å²) in [5.74, 6) is -0.884. The maximum Gasteiger partial charge on any atom is 0.216 e. The van der Waals surface area contributed by atoms with Gasteiger partial charge in [0, 0.05) is 24.7 Å². The number of nitrogen functional groups attached to an aromatic ring is 1. The highest BCUT2D eigenvalue weighted by molar-refractivity contribution is 5.72. The smallest absolute Gasteiger partial charge is 0.216 e. The molecule has 0 radical (unpaired) electrons. The van der Waals surface area contributed by atoms with Gasteiger partial charge in [-0.2, -0.15) is 0 Å². The Bertz CT molecular complexity index is 465. The van der Waals surface area contributed by atoms with E-state index in [0.29, 0.717) is 11.3 Å². The third-order valence-corrected chi connectivity index (χ3v) is 2.88. The molecule has 106 valence electrons. The summed E-state index contributed by atoms with van der Waals surface area (Å²) in [6.45, 7) is 3.25. The van der Waals surface area contributed by atoms with Gasteiger partial charge in [0.1, 0.15) is 11.9 Å². The van der Waals surface area contributed by atoms with E-state index in [1.807, 2.05) is 0 Å². The lowest BCUT2D eigenvalue weighted by Crippen LogP contribution is -2.28. The molecule has 0 heterocycles. The van der Waals surface area contributed by atoms with E-state index in [4.69, 9.17) is 5.73 Å². The number of hydrogen-bond acceptors (Lipinski definition) is 4. The standard InChI is InChI=1S/C13H19FN2O3/c1-7-5-9(10(14)6-11(7)15)13(19)12(18)3-4-16-8(2)17/h5-6,12-13,18-19H,3-4,15H2,1-2H3,(H,16,17). The maximum atomic E-state index is 13.7. The summed E-state index contributed by atoms with van der Waals surface area (Å²) >= 11 is 0. The average Bonchev–Trinajstić information content (AvgIpc) is 2.32. The van der Waals surface area contributed by atoms with E-state index >= 15 is 0 Å². The first-order valence-electron chi connectivity index (χ1n) is 5.99. The summed E-state index contributed by atoms with van der Waals surface area (Å²) in [5.41, 5.74) is 6.47. The molecule has 5 nitrogen and oxygen atoms in total. The third kappa shape index (κ3) is 4.18. The van der Waals surface area contributed by atoms with Gasteiger partial charge in [0.15, 0.2) is 0 Å². The highest BCUT2D eigenvalue weighted by Crippen LogP contribution is 2.25. The highest BCUT2D eigenvalue weighted by atomic mass is 19.1. The first-order chi connectivity index (χ1) is 8.82. The molecule has 19 heavy (non-hydrogen) atoms. The number of carbonyl (C=O) groups excluding carboxylic acids is 1. The summed E-state index contributed by atoms with van der Waals surface area (Å²) in [6.07, 6.45) is -2.39. The van der Waals surface area contributed by atoms with Crippen LogP contribution in [-0.4, -0.2) is 28.8 Å². The van der Waals surface area contributed by atoms with Crippen molar-refractivity contribution in [3.05, 3.63) is 29.1 Å². The van der Waals surface area contributed by atoms with Crippen LogP contribution in [0.15, 0.2) is 12.1 Å². The number of carbonyl (C=O) groups is 1. The Morgan fingerprint density at radius 1 is 1.47 bits per heavy atom. The molecule has 0 aliphatic carbocycles. The van der Waals surface area contributed by atoms with Crippen LogP contribution in [0.2, 0.25) is 0 Å². The van der Waals surface area contributed by atoms with Crippen LogP contribution in [0.25, 0.3) is 0 Å². The van der Waals surface area contributed by atoms with E-state index < -0.39 is 18.0 Å². The molecule has 0 saturated carbocycles. The van der Waals surface area contributed by atoms with Gasteiger partial charge in [0.25, 0.3) is 0 Å². The van der Waals surface area contributed by atoms with Gasteiger partial charge in [-0.3, -0.25) is 4.79 Å². The van der Waals surface area contributed by atoms with Crippen LogP contribution in [0.1, 0.15) is 30.6 Å². The Labute approximate surface area is 111 Å². The normalized spacial score (nSPS) is 13.9. The largest absolute Gasteiger partial charge is 0.398 e. The fourth-order valence-electron chi connectivity index (χ4n) is 1.71. The number of aliphatic hydroxyl groups is 2. The molecule has 1 aromatic carbocycles. The molecule has 0 bridgehead atoms. The molecule has 2 unspecified atom stereocenters. The zero-order valence-electron chi connectivity index (χ0n) is 11.0. The lowest BCUT2D eigenvalue weighted by atomic mass is 9.99. The van der Waals surface area contributed by atoms with Crippen molar-refractivity contribution in [1.82, 2.24) is 5.32 Å². The van der Waals surface area contributed by atoms with Crippen molar-refractivity contribution in [2.24, 2.45) is 0 Å². The molecular weight excluding hydrogens is 251 g/mol. The van der Waals surface area contributed by atoms with E-state index in [0.717, 1.165) is 6.07 Å². The number of nitrogens with one attached hydrogen (secondary N) is 1. The molecule has 0 fully saturated rings. The number of amides is 1. The van der Waals surface area contributed by atoms with Crippen LogP contribution in [0.3, 0.4) is 0 Å². The Morgan fingerprint density at radius 3 is 2.68 bits per heavy atom. The number of rotatable bonds is 5. The lowest BCUT2D eigenvalue weighted by Gasteiger charge is -2.19. The predicted octanol–water partition coefficient (Wildman–Crippen LogP) is 0.637. The van der Waals surface area contributed by atoms with Crippen LogP contribution in [0.4, 0.5) is 10.1 Å². The van der Waals surface area contributed by atoms with Gasteiger partial charge in [-0.05, 0) is 31.0 Å². The summed E-state index contributed by atoms with van der Waals surface area (Å²) < 4.78 is 13.7. The van der Waals surface area contributed by atoms with Crippen LogP contribution in [0, 0.1) is 12.7 Å². The summed E-state index contributed by atoms with van der Waals surface area (Å²) in [4.78, 5) is 10.7. The SMILES string of the molecule is CC(=O)NCCC(O)C(O)c1cc(C)c(N)cc1F. The van der Waals surface area contributed by atoms with Gasteiger partial charge >= 0.3 is 0 Å². The Hall–Kier alpha value is -1.66. The van der Waals surface area contributed by atoms with Gasteiger partial charge in [0.2, 0.25) is 5.91 Å². The molecule has 0 aliphatic heterocycles. The molecule has 6 heteroatoms. The number of halogens is 1. The summed E-state index contributed by atoms with van der Waals surface area (Å²) in [7, 11) is 0. The second kappa shape index (κ2) is 6.49. The topological polar surface area (TPSA) is 95.6 Å². The average molecular weight is 270 g/mol. The number of nitrogens with two attached hydrogens (primary N) is 1. The minimum Gasteiger partial charge on any atom is -0.398 e. The Kier molecular flexibility index (Phi) is 5.26. The van der Waals surface area contributed by atoms with E-state index in [1.54, 1.807) is 6.92 Å². The van der Waals surface area contributed by atoms with Gasteiger partial charge in [0.05, 0.1) is 6.10 Å². The minimum absolute atomic E-state index is 0.00188. The van der Waals surface area contributed by atoms with Gasteiger partial charge < -0.3 is 21.3 Å². The van der Waals surface area contributed by atoms with Crippen molar-refractivity contribution >= 4 is 11.6 Å². The van der Waals surface area contributed by atoms with Gasteiger partial charge in [-0.15, -0.1) is 0 Å². The van der Waals surface area contributed by atoms with Crippen molar-refractivity contribution in [1.29, 1.82) is 0 Å². The fraction of sp³-hybridized carbons (Fsp3) is 0.462. The van der Waals surface area contributed by atoms with Crippen LogP contribution < -0.4 is 11.1 Å². The van der Waals surface area contributed by atoms with E-state index in [9.17, 15) is 19.4 Å². The monoisotopic (exact) mass is 270 g/mol. The predicted molar refractivity (Wildman–Crippen MR) is 69.8 cm³/mol. The third-order valence-electron chi connectivity index (χ3n) is 2.88. The van der Waals surface area contributed by atoms with Crippen molar-refractivity contribution in [2.45, 2.75) is 32.5 Å². The zero-order chi connectivity index (χ0) is 14.6. The quantitative estimate of drug-likeness (QED) is 0.590. The highest BCUT2D eigenvalue weighted by Gasteiger charge is 2.22. The molecule has 1 amide bonds. The molecule has 0 aliphatic rings.